The molecule has 0 spiro atoms. The van der Waals surface area contributed by atoms with Crippen molar-refractivity contribution in [3.63, 3.8) is 0 Å². The molecule has 0 aromatic heterocycles. The van der Waals surface area contributed by atoms with Crippen molar-refractivity contribution >= 4 is 11.6 Å². The Morgan fingerprint density at radius 1 is 1.21 bits per heavy atom. The van der Waals surface area contributed by atoms with Crippen LogP contribution in [0.1, 0.15) is 63.0 Å². The molecule has 0 atom stereocenters. The lowest BCUT2D eigenvalue weighted by Crippen LogP contribution is -2.42. The highest BCUT2D eigenvalue weighted by atomic mass is 19.1. The fraction of sp³-hybridized carbons (Fsp3) is 0.417. The number of nitrogens with zero attached hydrogens (tertiary/aromatic N) is 1. The molecule has 0 unspecified atom stereocenters. The number of carbonyl (C=O) groups is 1. The predicted molar refractivity (Wildman–Crippen MR) is 111 cm³/mol. The van der Waals surface area contributed by atoms with E-state index in [1.807, 2.05) is 0 Å². The molecule has 1 N–H and O–H groups in total. The van der Waals surface area contributed by atoms with E-state index in [0.29, 0.717) is 42.0 Å². The molecule has 3 rings (SSSR count). The van der Waals surface area contributed by atoms with E-state index < -0.39 is 5.41 Å². The molecule has 1 amide bonds. The number of hydrogen-bond acceptors (Lipinski definition) is 3. The molecule has 29 heavy (non-hydrogen) atoms. The molecule has 0 heterocycles. The first kappa shape index (κ1) is 20.9. The maximum Gasteiger partial charge on any atom is 0.235 e. The van der Waals surface area contributed by atoms with Gasteiger partial charge in [0.05, 0.1) is 17.6 Å². The number of nitriles is 1. The zero-order valence-corrected chi connectivity index (χ0v) is 16.8. The Morgan fingerprint density at radius 2 is 1.97 bits per heavy atom. The second-order valence-electron chi connectivity index (χ2n) is 7.60. The minimum Gasteiger partial charge on any atom is -0.492 e. The Morgan fingerprint density at radius 3 is 2.66 bits per heavy atom. The molecule has 1 fully saturated rings. The molecule has 152 valence electrons. The maximum absolute atomic E-state index is 14.6. The molecule has 1 saturated carbocycles. The Kier molecular flexibility index (Phi) is 6.87. The number of halogens is 1. The van der Waals surface area contributed by atoms with Crippen LogP contribution in [0, 0.1) is 17.1 Å². The third-order valence-electron chi connectivity index (χ3n) is 5.64. The van der Waals surface area contributed by atoms with Crippen LogP contribution >= 0.6 is 0 Å². The molecular weight excluding hydrogens is 367 g/mol. The van der Waals surface area contributed by atoms with Crippen LogP contribution in [0.2, 0.25) is 0 Å². The van der Waals surface area contributed by atoms with Gasteiger partial charge in [-0.2, -0.15) is 5.26 Å². The molecule has 1 aliphatic rings. The Hall–Kier alpha value is -2.87. The van der Waals surface area contributed by atoms with Crippen LogP contribution < -0.4 is 10.1 Å². The molecule has 2 aromatic rings. The molecule has 0 aliphatic heterocycles. The minimum absolute atomic E-state index is 0.217. The summed E-state index contributed by atoms with van der Waals surface area (Å²) in [6.07, 6.45) is 5.96. The number of carbonyl (C=O) groups excluding carboxylic acids is 1. The van der Waals surface area contributed by atoms with Gasteiger partial charge in [-0.05, 0) is 43.5 Å². The van der Waals surface area contributed by atoms with Crippen LogP contribution in [-0.2, 0) is 10.2 Å². The predicted octanol–water partition coefficient (Wildman–Crippen LogP) is 5.72. The number of ether oxygens (including phenoxy) is 1. The van der Waals surface area contributed by atoms with Gasteiger partial charge in [0.2, 0.25) is 5.91 Å². The van der Waals surface area contributed by atoms with Gasteiger partial charge < -0.3 is 10.1 Å². The zero-order chi connectivity index (χ0) is 20.7. The Labute approximate surface area is 171 Å². The van der Waals surface area contributed by atoms with Crippen molar-refractivity contribution in [1.29, 1.82) is 5.26 Å². The topological polar surface area (TPSA) is 62.1 Å². The largest absolute Gasteiger partial charge is 0.492 e. The fourth-order valence-corrected chi connectivity index (χ4v) is 4.02. The van der Waals surface area contributed by atoms with Crippen LogP contribution in [0.5, 0.6) is 5.75 Å². The first-order valence-electron chi connectivity index (χ1n) is 10.3. The third kappa shape index (κ3) is 4.59. The van der Waals surface area contributed by atoms with E-state index in [2.05, 4.69) is 18.3 Å². The fourth-order valence-electron chi connectivity index (χ4n) is 4.02. The molecule has 4 nitrogen and oxygen atoms in total. The van der Waals surface area contributed by atoms with Gasteiger partial charge in [0, 0.05) is 11.3 Å². The lowest BCUT2D eigenvalue weighted by molar-refractivity contribution is -0.122. The van der Waals surface area contributed by atoms with Crippen molar-refractivity contribution in [3.8, 4) is 11.8 Å². The summed E-state index contributed by atoms with van der Waals surface area (Å²) in [7, 11) is 0. The van der Waals surface area contributed by atoms with Crippen molar-refractivity contribution in [3.05, 3.63) is 59.4 Å². The van der Waals surface area contributed by atoms with Crippen molar-refractivity contribution in [2.24, 2.45) is 0 Å². The average Bonchev–Trinajstić information content (AvgIpc) is 2.75. The lowest BCUT2D eigenvalue weighted by atomic mass is 9.68. The second-order valence-corrected chi connectivity index (χ2v) is 7.60. The van der Waals surface area contributed by atoms with Crippen LogP contribution in [0.3, 0.4) is 0 Å². The standard InChI is InChI=1S/C24H27FN2O2/c1-2-3-15-29-22-12-11-19(16-18(22)17-26)27-23(28)24(13-7-4-8-14-24)20-9-5-6-10-21(20)25/h5-6,9-12,16H,2-4,7-8,13-15H2,1H3,(H,27,28). The number of anilines is 1. The van der Waals surface area contributed by atoms with Gasteiger partial charge in [-0.1, -0.05) is 50.8 Å². The van der Waals surface area contributed by atoms with Crippen LogP contribution in [-0.4, -0.2) is 12.5 Å². The summed E-state index contributed by atoms with van der Waals surface area (Å²) in [5.74, 6) is -0.0480. The van der Waals surface area contributed by atoms with Crippen molar-refractivity contribution in [2.45, 2.75) is 57.3 Å². The SMILES string of the molecule is CCCCOc1ccc(NC(=O)C2(c3ccccc3F)CCCCC2)cc1C#N. The van der Waals surface area contributed by atoms with Gasteiger partial charge in [-0.25, -0.2) is 4.39 Å². The Bertz CT molecular complexity index is 898. The first-order valence-corrected chi connectivity index (χ1v) is 10.3. The van der Waals surface area contributed by atoms with E-state index in [0.717, 1.165) is 32.1 Å². The van der Waals surface area contributed by atoms with E-state index in [1.54, 1.807) is 36.4 Å². The molecular formula is C24H27FN2O2. The number of benzene rings is 2. The summed E-state index contributed by atoms with van der Waals surface area (Å²) in [6, 6.07) is 13.7. The van der Waals surface area contributed by atoms with Crippen LogP contribution in [0.15, 0.2) is 42.5 Å². The van der Waals surface area contributed by atoms with E-state index in [1.165, 1.54) is 6.07 Å². The summed E-state index contributed by atoms with van der Waals surface area (Å²) in [5.41, 5.74) is 0.475. The summed E-state index contributed by atoms with van der Waals surface area (Å²) in [6.45, 7) is 2.62. The number of nitrogens with one attached hydrogen (secondary N) is 1. The van der Waals surface area contributed by atoms with Crippen LogP contribution in [0.25, 0.3) is 0 Å². The average molecular weight is 394 g/mol. The van der Waals surface area contributed by atoms with E-state index in [4.69, 9.17) is 4.74 Å². The monoisotopic (exact) mass is 394 g/mol. The maximum atomic E-state index is 14.6. The summed E-state index contributed by atoms with van der Waals surface area (Å²) >= 11 is 0. The van der Waals surface area contributed by atoms with Gasteiger partial charge in [0.1, 0.15) is 17.6 Å². The molecule has 5 heteroatoms. The van der Waals surface area contributed by atoms with Crippen molar-refractivity contribution in [2.75, 3.05) is 11.9 Å². The number of unbranched alkanes of at least 4 members (excludes halogenated alkanes) is 1. The van der Waals surface area contributed by atoms with E-state index in [9.17, 15) is 14.4 Å². The third-order valence-corrected chi connectivity index (χ3v) is 5.64. The van der Waals surface area contributed by atoms with Gasteiger partial charge in [0.25, 0.3) is 0 Å². The molecule has 0 radical (unpaired) electrons. The van der Waals surface area contributed by atoms with E-state index in [-0.39, 0.29) is 11.7 Å². The normalized spacial score (nSPS) is 15.3. The van der Waals surface area contributed by atoms with Gasteiger partial charge in [0.15, 0.2) is 0 Å². The highest BCUT2D eigenvalue weighted by Gasteiger charge is 2.42. The number of hydrogen-bond donors (Lipinski definition) is 1. The zero-order valence-electron chi connectivity index (χ0n) is 16.8. The van der Waals surface area contributed by atoms with Crippen LogP contribution in [0.4, 0.5) is 10.1 Å². The van der Waals surface area contributed by atoms with Gasteiger partial charge in [-0.3, -0.25) is 4.79 Å². The summed E-state index contributed by atoms with van der Waals surface area (Å²) in [4.78, 5) is 13.3. The number of amides is 1. The molecule has 2 aromatic carbocycles. The smallest absolute Gasteiger partial charge is 0.235 e. The lowest BCUT2D eigenvalue weighted by Gasteiger charge is -2.36. The van der Waals surface area contributed by atoms with Crippen molar-refractivity contribution < 1.29 is 13.9 Å². The number of rotatable bonds is 7. The van der Waals surface area contributed by atoms with E-state index >= 15 is 0 Å². The molecule has 1 aliphatic carbocycles. The van der Waals surface area contributed by atoms with Gasteiger partial charge in [-0.15, -0.1) is 0 Å². The summed E-state index contributed by atoms with van der Waals surface area (Å²) in [5, 5.41) is 12.4. The highest BCUT2D eigenvalue weighted by Crippen LogP contribution is 2.41. The quantitative estimate of drug-likeness (QED) is 0.611. The molecule has 0 saturated heterocycles. The first-order chi connectivity index (χ1) is 14.1. The Balaban J connectivity index is 1.85. The summed E-state index contributed by atoms with van der Waals surface area (Å²) < 4.78 is 20.3. The van der Waals surface area contributed by atoms with Gasteiger partial charge >= 0.3 is 0 Å². The minimum atomic E-state index is -0.882. The second kappa shape index (κ2) is 9.56. The van der Waals surface area contributed by atoms with Crippen molar-refractivity contribution in [1.82, 2.24) is 0 Å². The molecule has 0 bridgehead atoms. The highest BCUT2D eigenvalue weighted by molar-refractivity contribution is 5.99.